The van der Waals surface area contributed by atoms with Crippen molar-refractivity contribution in [3.05, 3.63) is 35.5 Å². The van der Waals surface area contributed by atoms with Gasteiger partial charge >= 0.3 is 0 Å². The summed E-state index contributed by atoms with van der Waals surface area (Å²) in [6.07, 6.45) is 0. The highest BCUT2D eigenvalue weighted by molar-refractivity contribution is 8.02. The third-order valence-corrected chi connectivity index (χ3v) is 5.68. The van der Waals surface area contributed by atoms with E-state index in [9.17, 15) is 9.18 Å². The summed E-state index contributed by atoms with van der Waals surface area (Å²) in [5, 5.41) is 1.75. The zero-order valence-electron chi connectivity index (χ0n) is 14.6. The second-order valence-electron chi connectivity index (χ2n) is 6.20. The number of carbonyl (C=O) groups is 1. The lowest BCUT2D eigenvalue weighted by molar-refractivity contribution is -0.133. The van der Waals surface area contributed by atoms with Gasteiger partial charge in [0.2, 0.25) is 5.91 Å². The Balaban J connectivity index is 2.08. The van der Waals surface area contributed by atoms with E-state index in [0.717, 1.165) is 15.6 Å². The Bertz CT molecular complexity index is 675. The lowest BCUT2D eigenvalue weighted by atomic mass is 10.2. The van der Waals surface area contributed by atoms with Crippen LogP contribution in [-0.4, -0.2) is 33.1 Å². The van der Waals surface area contributed by atoms with Gasteiger partial charge in [0, 0.05) is 23.0 Å². The van der Waals surface area contributed by atoms with Crippen LogP contribution in [0.1, 0.15) is 34.6 Å². The van der Waals surface area contributed by atoms with Crippen LogP contribution in [0.15, 0.2) is 34.0 Å². The number of benzene rings is 1. The van der Waals surface area contributed by atoms with E-state index in [1.807, 2.05) is 44.9 Å². The Kier molecular flexibility index (Phi) is 6.40. The van der Waals surface area contributed by atoms with E-state index < -0.39 is 0 Å². The second-order valence-corrected chi connectivity index (χ2v) is 8.64. The molecule has 0 saturated carbocycles. The average Bonchev–Trinajstić information content (AvgIpc) is 2.95. The van der Waals surface area contributed by atoms with Crippen LogP contribution >= 0.6 is 23.1 Å². The Labute approximate surface area is 151 Å². The molecule has 0 spiro atoms. The van der Waals surface area contributed by atoms with Gasteiger partial charge in [-0.3, -0.25) is 4.79 Å². The normalized spacial score (nSPS) is 12.7. The first-order chi connectivity index (χ1) is 11.3. The average molecular weight is 367 g/mol. The molecule has 1 aromatic carbocycles. The van der Waals surface area contributed by atoms with Crippen molar-refractivity contribution in [3.8, 4) is 11.3 Å². The van der Waals surface area contributed by atoms with E-state index in [2.05, 4.69) is 4.98 Å². The van der Waals surface area contributed by atoms with Gasteiger partial charge in [-0.25, -0.2) is 9.37 Å². The quantitative estimate of drug-likeness (QED) is 0.669. The van der Waals surface area contributed by atoms with Crippen LogP contribution in [0.25, 0.3) is 11.3 Å². The van der Waals surface area contributed by atoms with Gasteiger partial charge < -0.3 is 4.90 Å². The maximum atomic E-state index is 13.0. The largest absolute Gasteiger partial charge is 0.337 e. The molecule has 1 amide bonds. The molecule has 0 fully saturated rings. The highest BCUT2D eigenvalue weighted by atomic mass is 32.2. The summed E-state index contributed by atoms with van der Waals surface area (Å²) in [6, 6.07) is 6.63. The maximum absolute atomic E-state index is 13.0. The smallest absolute Gasteiger partial charge is 0.236 e. The SMILES string of the molecule is CC(Sc1nc(-c2ccc(F)cc2)cs1)C(=O)N(C(C)C)C(C)C. The van der Waals surface area contributed by atoms with E-state index >= 15 is 0 Å². The van der Waals surface area contributed by atoms with Crippen LogP contribution in [0, 0.1) is 5.82 Å². The number of thiazole rings is 1. The number of hydrogen-bond acceptors (Lipinski definition) is 4. The molecule has 0 bridgehead atoms. The highest BCUT2D eigenvalue weighted by Gasteiger charge is 2.26. The molecule has 3 nitrogen and oxygen atoms in total. The predicted molar refractivity (Wildman–Crippen MR) is 99.9 cm³/mol. The number of thioether (sulfide) groups is 1. The molecule has 2 rings (SSSR count). The Morgan fingerprint density at radius 2 is 1.71 bits per heavy atom. The van der Waals surface area contributed by atoms with Gasteiger partial charge in [0.1, 0.15) is 5.82 Å². The minimum atomic E-state index is -0.259. The van der Waals surface area contributed by atoms with Crippen LogP contribution in [0.2, 0.25) is 0 Å². The first-order valence-electron chi connectivity index (χ1n) is 8.00. The minimum absolute atomic E-state index is 0.128. The third-order valence-electron chi connectivity index (χ3n) is 3.62. The standard InChI is InChI=1S/C18H23FN2OS2/c1-11(2)21(12(3)4)17(22)13(5)24-18-20-16(10-23-18)14-6-8-15(19)9-7-14/h6-13H,1-5H3. The Morgan fingerprint density at radius 3 is 2.25 bits per heavy atom. The molecular weight excluding hydrogens is 343 g/mol. The summed E-state index contributed by atoms with van der Waals surface area (Å²) in [5.41, 5.74) is 1.69. The highest BCUT2D eigenvalue weighted by Crippen LogP contribution is 2.32. The fourth-order valence-electron chi connectivity index (χ4n) is 2.58. The van der Waals surface area contributed by atoms with E-state index in [1.54, 1.807) is 12.1 Å². The molecule has 130 valence electrons. The van der Waals surface area contributed by atoms with Crippen molar-refractivity contribution in [2.75, 3.05) is 0 Å². The number of carbonyl (C=O) groups excluding carboxylic acids is 1. The summed E-state index contributed by atoms with van der Waals surface area (Å²) in [5.74, 6) is -0.131. The summed E-state index contributed by atoms with van der Waals surface area (Å²) in [4.78, 5) is 19.2. The first kappa shape index (κ1) is 18.9. The number of hydrogen-bond donors (Lipinski definition) is 0. The van der Waals surface area contributed by atoms with Gasteiger partial charge in [-0.1, -0.05) is 11.8 Å². The lowest BCUT2D eigenvalue weighted by Crippen LogP contribution is -2.45. The molecule has 1 unspecified atom stereocenters. The molecule has 2 aromatic rings. The van der Waals surface area contributed by atoms with Crippen molar-refractivity contribution in [1.82, 2.24) is 9.88 Å². The summed E-state index contributed by atoms with van der Waals surface area (Å²) >= 11 is 2.99. The van der Waals surface area contributed by atoms with Gasteiger partial charge in [0.15, 0.2) is 4.34 Å². The van der Waals surface area contributed by atoms with Crippen LogP contribution in [-0.2, 0) is 4.79 Å². The van der Waals surface area contributed by atoms with Crippen molar-refractivity contribution >= 4 is 29.0 Å². The molecule has 24 heavy (non-hydrogen) atoms. The van der Waals surface area contributed by atoms with Crippen LogP contribution in [0.4, 0.5) is 4.39 Å². The van der Waals surface area contributed by atoms with Gasteiger partial charge in [0.05, 0.1) is 10.9 Å². The summed E-state index contributed by atoms with van der Waals surface area (Å²) < 4.78 is 13.9. The van der Waals surface area contributed by atoms with Crippen LogP contribution < -0.4 is 0 Å². The monoisotopic (exact) mass is 366 g/mol. The molecular formula is C18H23FN2OS2. The zero-order valence-corrected chi connectivity index (χ0v) is 16.2. The second kappa shape index (κ2) is 8.12. The summed E-state index contributed by atoms with van der Waals surface area (Å²) in [7, 11) is 0. The molecule has 0 aliphatic carbocycles. The van der Waals surface area contributed by atoms with Crippen molar-refractivity contribution in [2.24, 2.45) is 0 Å². The van der Waals surface area contributed by atoms with E-state index in [0.29, 0.717) is 0 Å². The predicted octanol–water partition coefficient (Wildman–Crippen LogP) is 5.08. The van der Waals surface area contributed by atoms with Crippen molar-refractivity contribution in [2.45, 2.75) is 56.3 Å². The number of aromatic nitrogens is 1. The zero-order chi connectivity index (χ0) is 17.9. The maximum Gasteiger partial charge on any atom is 0.236 e. The molecule has 1 atom stereocenters. The molecule has 0 aliphatic heterocycles. The Hall–Kier alpha value is -1.40. The van der Waals surface area contributed by atoms with Crippen molar-refractivity contribution in [1.29, 1.82) is 0 Å². The molecule has 1 heterocycles. The van der Waals surface area contributed by atoms with Gasteiger partial charge in [-0.05, 0) is 58.9 Å². The molecule has 0 saturated heterocycles. The van der Waals surface area contributed by atoms with Crippen LogP contribution in [0.3, 0.4) is 0 Å². The first-order valence-corrected chi connectivity index (χ1v) is 9.75. The summed E-state index contributed by atoms with van der Waals surface area (Å²) in [6.45, 7) is 10.1. The van der Waals surface area contributed by atoms with E-state index in [1.165, 1.54) is 35.2 Å². The fraction of sp³-hybridized carbons (Fsp3) is 0.444. The van der Waals surface area contributed by atoms with E-state index in [4.69, 9.17) is 0 Å². The number of rotatable bonds is 6. The van der Waals surface area contributed by atoms with Gasteiger partial charge in [-0.2, -0.15) is 0 Å². The third kappa shape index (κ3) is 4.57. The fourth-order valence-corrected chi connectivity index (χ4v) is 4.61. The molecule has 0 aliphatic rings. The lowest BCUT2D eigenvalue weighted by Gasteiger charge is -2.32. The molecule has 0 N–H and O–H groups in total. The number of nitrogens with zero attached hydrogens (tertiary/aromatic N) is 2. The number of halogens is 1. The van der Waals surface area contributed by atoms with Crippen LogP contribution in [0.5, 0.6) is 0 Å². The van der Waals surface area contributed by atoms with Gasteiger partial charge in [0.25, 0.3) is 0 Å². The molecule has 0 radical (unpaired) electrons. The molecule has 1 aromatic heterocycles. The van der Waals surface area contributed by atoms with Gasteiger partial charge in [-0.15, -0.1) is 11.3 Å². The van der Waals surface area contributed by atoms with Crippen molar-refractivity contribution < 1.29 is 9.18 Å². The minimum Gasteiger partial charge on any atom is -0.337 e. The van der Waals surface area contributed by atoms with Crippen molar-refractivity contribution in [3.63, 3.8) is 0 Å². The Morgan fingerprint density at radius 1 is 1.12 bits per heavy atom. The number of amides is 1. The topological polar surface area (TPSA) is 33.2 Å². The van der Waals surface area contributed by atoms with E-state index in [-0.39, 0.29) is 29.1 Å². The molecule has 6 heteroatoms.